The minimum absolute atomic E-state index is 0.0176. The van der Waals surface area contributed by atoms with Crippen LogP contribution in [0.25, 0.3) is 0 Å². The molecule has 20 heavy (non-hydrogen) atoms. The van der Waals surface area contributed by atoms with Gasteiger partial charge in [-0.3, -0.25) is 4.79 Å². The van der Waals surface area contributed by atoms with E-state index < -0.39 is 17.8 Å². The smallest absolute Gasteiger partial charge is 0.252 e. The van der Waals surface area contributed by atoms with E-state index in [2.05, 4.69) is 5.32 Å². The van der Waals surface area contributed by atoms with Crippen molar-refractivity contribution in [2.24, 2.45) is 5.92 Å². The van der Waals surface area contributed by atoms with Crippen molar-refractivity contribution in [2.45, 2.75) is 20.0 Å². The molecule has 0 saturated heterocycles. The van der Waals surface area contributed by atoms with Crippen molar-refractivity contribution in [1.29, 1.82) is 0 Å². The lowest BCUT2D eigenvalue weighted by atomic mass is 10.2. The van der Waals surface area contributed by atoms with Crippen LogP contribution in [-0.2, 0) is 4.74 Å². The first-order chi connectivity index (χ1) is 9.41. The first-order valence-electron chi connectivity index (χ1n) is 6.39. The van der Waals surface area contributed by atoms with Crippen molar-refractivity contribution in [3.63, 3.8) is 0 Å². The van der Waals surface area contributed by atoms with Gasteiger partial charge in [0.05, 0.1) is 23.3 Å². The fourth-order valence-corrected chi connectivity index (χ4v) is 1.70. The van der Waals surface area contributed by atoms with Gasteiger partial charge >= 0.3 is 0 Å². The third-order valence-electron chi connectivity index (χ3n) is 2.46. The zero-order valence-electron chi connectivity index (χ0n) is 11.5. The number of rotatable bonds is 7. The number of nitrogens with one attached hydrogen (secondary N) is 1. The molecule has 1 atom stereocenters. The second kappa shape index (κ2) is 8.19. The molecule has 1 unspecified atom stereocenters. The van der Waals surface area contributed by atoms with E-state index in [4.69, 9.17) is 16.3 Å². The molecule has 6 heteroatoms. The molecule has 2 N–H and O–H groups in total. The van der Waals surface area contributed by atoms with Crippen LogP contribution in [0.15, 0.2) is 18.2 Å². The highest BCUT2D eigenvalue weighted by Gasteiger charge is 2.14. The molecule has 112 valence electrons. The normalized spacial score (nSPS) is 12.5. The van der Waals surface area contributed by atoms with Crippen LogP contribution in [0.4, 0.5) is 4.39 Å². The predicted octanol–water partition coefficient (Wildman–Crippen LogP) is 2.24. The molecular formula is C14H19ClFNO3. The highest BCUT2D eigenvalue weighted by molar-refractivity contribution is 6.34. The number of hydrogen-bond acceptors (Lipinski definition) is 3. The van der Waals surface area contributed by atoms with Crippen LogP contribution < -0.4 is 5.32 Å². The van der Waals surface area contributed by atoms with E-state index in [1.54, 1.807) is 0 Å². The van der Waals surface area contributed by atoms with Crippen molar-refractivity contribution >= 4 is 17.5 Å². The van der Waals surface area contributed by atoms with Gasteiger partial charge in [0.15, 0.2) is 0 Å². The van der Waals surface area contributed by atoms with E-state index in [-0.39, 0.29) is 23.7 Å². The quantitative estimate of drug-likeness (QED) is 0.812. The first kappa shape index (κ1) is 16.9. The molecule has 0 radical (unpaired) electrons. The topological polar surface area (TPSA) is 58.6 Å². The molecular weight excluding hydrogens is 285 g/mol. The van der Waals surface area contributed by atoms with Crippen molar-refractivity contribution in [2.75, 3.05) is 19.8 Å². The summed E-state index contributed by atoms with van der Waals surface area (Å²) < 4.78 is 18.4. The average molecular weight is 304 g/mol. The summed E-state index contributed by atoms with van der Waals surface area (Å²) in [4.78, 5) is 11.8. The lowest BCUT2D eigenvalue weighted by Crippen LogP contribution is -2.35. The highest BCUT2D eigenvalue weighted by Crippen LogP contribution is 2.19. The maximum atomic E-state index is 13.2. The standard InChI is InChI=1S/C14H19ClFNO3/c1-9(2)7-20-8-10(18)6-17-14(19)11-4-3-5-12(16)13(11)15/h3-5,9-10,18H,6-8H2,1-2H3,(H,17,19). The van der Waals surface area contributed by atoms with E-state index >= 15 is 0 Å². The summed E-state index contributed by atoms with van der Waals surface area (Å²) in [6.07, 6.45) is -0.815. The highest BCUT2D eigenvalue weighted by atomic mass is 35.5. The zero-order valence-corrected chi connectivity index (χ0v) is 12.3. The van der Waals surface area contributed by atoms with Gasteiger partial charge in [-0.25, -0.2) is 4.39 Å². The molecule has 1 rings (SSSR count). The number of halogens is 2. The van der Waals surface area contributed by atoms with Crippen LogP contribution in [0.1, 0.15) is 24.2 Å². The minimum atomic E-state index is -0.815. The number of amides is 1. The molecule has 1 aromatic carbocycles. The first-order valence-corrected chi connectivity index (χ1v) is 6.77. The van der Waals surface area contributed by atoms with Gasteiger partial charge in [-0.15, -0.1) is 0 Å². The van der Waals surface area contributed by atoms with Crippen molar-refractivity contribution < 1.29 is 19.0 Å². The maximum absolute atomic E-state index is 13.2. The molecule has 1 aromatic rings. The van der Waals surface area contributed by atoms with Crippen LogP contribution in [0.3, 0.4) is 0 Å². The van der Waals surface area contributed by atoms with Crippen LogP contribution >= 0.6 is 11.6 Å². The fourth-order valence-electron chi connectivity index (χ4n) is 1.48. The number of benzene rings is 1. The summed E-state index contributed by atoms with van der Waals surface area (Å²) in [5, 5.41) is 11.9. The number of aliphatic hydroxyl groups excluding tert-OH is 1. The molecule has 0 aliphatic heterocycles. The Labute approximate surface area is 122 Å². The Kier molecular flexibility index (Phi) is 6.91. The van der Waals surface area contributed by atoms with E-state index in [1.807, 2.05) is 13.8 Å². The second-order valence-corrected chi connectivity index (χ2v) is 5.27. The summed E-state index contributed by atoms with van der Waals surface area (Å²) in [5.74, 6) is -0.805. The van der Waals surface area contributed by atoms with E-state index in [0.29, 0.717) is 12.5 Å². The molecule has 0 heterocycles. The van der Waals surface area contributed by atoms with Crippen LogP contribution in [0.5, 0.6) is 0 Å². The number of aliphatic hydroxyl groups is 1. The van der Waals surface area contributed by atoms with Gasteiger partial charge in [0.2, 0.25) is 0 Å². The largest absolute Gasteiger partial charge is 0.389 e. The lowest BCUT2D eigenvalue weighted by molar-refractivity contribution is 0.0259. The van der Waals surface area contributed by atoms with Gasteiger partial charge < -0.3 is 15.2 Å². The molecule has 0 spiro atoms. The number of carbonyl (C=O) groups excluding carboxylic acids is 1. The monoisotopic (exact) mass is 303 g/mol. The molecule has 0 aromatic heterocycles. The van der Waals surface area contributed by atoms with Gasteiger partial charge in [-0.2, -0.15) is 0 Å². The summed E-state index contributed by atoms with van der Waals surface area (Å²) >= 11 is 5.70. The van der Waals surface area contributed by atoms with Gasteiger partial charge in [-0.05, 0) is 18.1 Å². The Morgan fingerprint density at radius 2 is 2.15 bits per heavy atom. The fraction of sp³-hybridized carbons (Fsp3) is 0.500. The Hall–Kier alpha value is -1.17. The third-order valence-corrected chi connectivity index (χ3v) is 2.84. The third kappa shape index (κ3) is 5.45. The SMILES string of the molecule is CC(C)COCC(O)CNC(=O)c1cccc(F)c1Cl. The maximum Gasteiger partial charge on any atom is 0.252 e. The molecule has 1 amide bonds. The van der Waals surface area contributed by atoms with Gasteiger partial charge in [0.1, 0.15) is 5.82 Å². The molecule has 0 aliphatic carbocycles. The summed E-state index contributed by atoms with van der Waals surface area (Å²) in [6.45, 7) is 4.69. The average Bonchev–Trinajstić information content (AvgIpc) is 2.38. The minimum Gasteiger partial charge on any atom is -0.389 e. The van der Waals surface area contributed by atoms with Crippen molar-refractivity contribution in [3.05, 3.63) is 34.6 Å². The van der Waals surface area contributed by atoms with Gasteiger partial charge in [0, 0.05) is 13.2 Å². The van der Waals surface area contributed by atoms with Crippen LogP contribution in [0, 0.1) is 11.7 Å². The molecule has 0 bridgehead atoms. The molecule has 0 fully saturated rings. The Morgan fingerprint density at radius 3 is 2.80 bits per heavy atom. The summed E-state index contributed by atoms with van der Waals surface area (Å²) in [5.41, 5.74) is 0.0435. The Bertz CT molecular complexity index is 454. The molecule has 4 nitrogen and oxygen atoms in total. The van der Waals surface area contributed by atoms with E-state index in [9.17, 15) is 14.3 Å². The zero-order chi connectivity index (χ0) is 15.1. The Balaban J connectivity index is 2.41. The van der Waals surface area contributed by atoms with Crippen LogP contribution in [-0.4, -0.2) is 36.9 Å². The van der Waals surface area contributed by atoms with Gasteiger partial charge in [0.25, 0.3) is 5.91 Å². The summed E-state index contributed by atoms with van der Waals surface area (Å²) in [7, 11) is 0. The van der Waals surface area contributed by atoms with Crippen molar-refractivity contribution in [3.8, 4) is 0 Å². The summed E-state index contributed by atoms with van der Waals surface area (Å²) in [6, 6.07) is 3.99. The number of carbonyl (C=O) groups is 1. The molecule has 0 aliphatic rings. The Morgan fingerprint density at radius 1 is 1.45 bits per heavy atom. The lowest BCUT2D eigenvalue weighted by Gasteiger charge is -2.14. The number of ether oxygens (including phenoxy) is 1. The number of hydrogen-bond donors (Lipinski definition) is 2. The second-order valence-electron chi connectivity index (χ2n) is 4.90. The predicted molar refractivity (Wildman–Crippen MR) is 75.4 cm³/mol. The van der Waals surface area contributed by atoms with Crippen LogP contribution in [0.2, 0.25) is 5.02 Å². The van der Waals surface area contributed by atoms with Crippen molar-refractivity contribution in [1.82, 2.24) is 5.32 Å². The molecule has 0 saturated carbocycles. The van der Waals surface area contributed by atoms with Gasteiger partial charge in [-0.1, -0.05) is 31.5 Å². The van der Waals surface area contributed by atoms with E-state index in [1.165, 1.54) is 18.2 Å². The van der Waals surface area contributed by atoms with E-state index in [0.717, 1.165) is 0 Å².